The molecule has 2 aromatic heterocycles. The van der Waals surface area contributed by atoms with Crippen molar-refractivity contribution in [3.8, 4) is 0 Å². The molecule has 0 saturated heterocycles. The first-order chi connectivity index (χ1) is 9.95. The molecule has 0 spiro atoms. The lowest BCUT2D eigenvalue weighted by molar-refractivity contribution is -0.146. The van der Waals surface area contributed by atoms with Gasteiger partial charge in [0.15, 0.2) is 0 Å². The molecule has 0 amide bonds. The fourth-order valence-corrected chi connectivity index (χ4v) is 2.19. The lowest BCUT2D eigenvalue weighted by Gasteiger charge is -2.11. The van der Waals surface area contributed by atoms with Crippen LogP contribution in [0.4, 0.5) is 18.9 Å². The van der Waals surface area contributed by atoms with Crippen LogP contribution in [-0.2, 0) is 12.7 Å². The van der Waals surface area contributed by atoms with Crippen molar-refractivity contribution in [2.45, 2.75) is 12.7 Å². The second-order valence-electron chi connectivity index (χ2n) is 4.62. The number of nitrogen functional groups attached to an aromatic ring is 1. The van der Waals surface area contributed by atoms with Gasteiger partial charge < -0.3 is 10.3 Å². The number of hydrogen-bond acceptors (Lipinski definition) is 3. The SMILES string of the molecule is Nc1ccc2c(c1)nc(C(F)(F)F)n2Cc1ccncc1. The molecule has 2 heterocycles. The van der Waals surface area contributed by atoms with E-state index >= 15 is 0 Å². The van der Waals surface area contributed by atoms with Crippen LogP contribution in [0.25, 0.3) is 11.0 Å². The molecule has 0 fully saturated rings. The van der Waals surface area contributed by atoms with Gasteiger partial charge in [0.1, 0.15) is 0 Å². The first kappa shape index (κ1) is 13.4. The number of fused-ring (bicyclic) bond motifs is 1. The Morgan fingerprint density at radius 1 is 1.10 bits per heavy atom. The number of benzene rings is 1. The lowest BCUT2D eigenvalue weighted by atomic mass is 10.2. The summed E-state index contributed by atoms with van der Waals surface area (Å²) in [7, 11) is 0. The Morgan fingerprint density at radius 2 is 1.81 bits per heavy atom. The minimum absolute atomic E-state index is 0.0672. The van der Waals surface area contributed by atoms with Gasteiger partial charge in [-0.05, 0) is 35.9 Å². The highest BCUT2D eigenvalue weighted by Gasteiger charge is 2.37. The predicted octanol–water partition coefficient (Wildman–Crippen LogP) is 3.08. The van der Waals surface area contributed by atoms with E-state index in [0.29, 0.717) is 16.8 Å². The third-order valence-electron chi connectivity index (χ3n) is 3.12. The van der Waals surface area contributed by atoms with Crippen molar-refractivity contribution >= 4 is 16.7 Å². The second-order valence-corrected chi connectivity index (χ2v) is 4.62. The molecule has 0 atom stereocenters. The number of halogens is 3. The van der Waals surface area contributed by atoms with Crippen LogP contribution < -0.4 is 5.73 Å². The van der Waals surface area contributed by atoms with Gasteiger partial charge in [0.05, 0.1) is 11.0 Å². The maximum absolute atomic E-state index is 13.2. The van der Waals surface area contributed by atoms with E-state index in [2.05, 4.69) is 9.97 Å². The first-order valence-corrected chi connectivity index (χ1v) is 6.17. The molecule has 0 radical (unpaired) electrons. The molecule has 0 aliphatic rings. The molecule has 0 unspecified atom stereocenters. The van der Waals surface area contributed by atoms with Gasteiger partial charge in [0, 0.05) is 24.6 Å². The van der Waals surface area contributed by atoms with Crippen LogP contribution >= 0.6 is 0 Å². The van der Waals surface area contributed by atoms with Crippen LogP contribution in [0, 0.1) is 0 Å². The highest BCUT2D eigenvalue weighted by atomic mass is 19.4. The van der Waals surface area contributed by atoms with E-state index in [4.69, 9.17) is 5.73 Å². The quantitative estimate of drug-likeness (QED) is 0.738. The Labute approximate surface area is 118 Å². The number of hydrogen-bond donors (Lipinski definition) is 1. The van der Waals surface area contributed by atoms with Crippen LogP contribution in [-0.4, -0.2) is 14.5 Å². The van der Waals surface area contributed by atoms with Crippen molar-refractivity contribution in [3.05, 3.63) is 54.1 Å². The Balaban J connectivity index is 2.18. The van der Waals surface area contributed by atoms with Crippen molar-refractivity contribution in [2.24, 2.45) is 0 Å². The summed E-state index contributed by atoms with van der Waals surface area (Å²) in [4.78, 5) is 7.54. The number of rotatable bonds is 2. The molecule has 2 N–H and O–H groups in total. The maximum atomic E-state index is 13.2. The number of alkyl halides is 3. The molecule has 4 nitrogen and oxygen atoms in total. The smallest absolute Gasteiger partial charge is 0.399 e. The number of pyridine rings is 1. The Morgan fingerprint density at radius 3 is 2.48 bits per heavy atom. The molecule has 108 valence electrons. The highest BCUT2D eigenvalue weighted by Crippen LogP contribution is 2.32. The van der Waals surface area contributed by atoms with E-state index in [9.17, 15) is 13.2 Å². The van der Waals surface area contributed by atoms with Crippen molar-refractivity contribution in [1.82, 2.24) is 14.5 Å². The zero-order valence-corrected chi connectivity index (χ0v) is 10.8. The van der Waals surface area contributed by atoms with E-state index < -0.39 is 12.0 Å². The minimum atomic E-state index is -4.53. The summed E-state index contributed by atoms with van der Waals surface area (Å²) >= 11 is 0. The molecule has 0 saturated carbocycles. The molecular formula is C14H11F3N4. The van der Waals surface area contributed by atoms with Gasteiger partial charge >= 0.3 is 6.18 Å². The zero-order valence-electron chi connectivity index (χ0n) is 10.8. The molecular weight excluding hydrogens is 281 g/mol. The van der Waals surface area contributed by atoms with Crippen LogP contribution in [0.15, 0.2) is 42.7 Å². The van der Waals surface area contributed by atoms with Gasteiger partial charge in [-0.2, -0.15) is 13.2 Å². The molecule has 1 aromatic carbocycles. The molecule has 7 heteroatoms. The van der Waals surface area contributed by atoms with Gasteiger partial charge in [0.2, 0.25) is 5.82 Å². The van der Waals surface area contributed by atoms with Crippen LogP contribution in [0.1, 0.15) is 11.4 Å². The number of imidazole rings is 1. The molecule has 3 rings (SSSR count). The highest BCUT2D eigenvalue weighted by molar-refractivity contribution is 5.79. The van der Waals surface area contributed by atoms with E-state index in [1.54, 1.807) is 36.7 Å². The van der Waals surface area contributed by atoms with E-state index in [1.165, 1.54) is 6.07 Å². The number of nitrogens with zero attached hydrogens (tertiary/aromatic N) is 3. The Kier molecular flexibility index (Phi) is 3.04. The fourth-order valence-electron chi connectivity index (χ4n) is 2.19. The van der Waals surface area contributed by atoms with Gasteiger partial charge in [0.25, 0.3) is 0 Å². The number of nitrogens with two attached hydrogens (primary N) is 1. The fraction of sp³-hybridized carbons (Fsp3) is 0.143. The van der Waals surface area contributed by atoms with E-state index in [1.807, 2.05) is 0 Å². The van der Waals surface area contributed by atoms with Crippen LogP contribution in [0.2, 0.25) is 0 Å². The summed E-state index contributed by atoms with van der Waals surface area (Å²) in [5.41, 5.74) is 7.33. The van der Waals surface area contributed by atoms with Crippen molar-refractivity contribution in [1.29, 1.82) is 0 Å². The molecule has 0 aliphatic heterocycles. The first-order valence-electron chi connectivity index (χ1n) is 6.17. The van der Waals surface area contributed by atoms with E-state index in [-0.39, 0.29) is 12.1 Å². The van der Waals surface area contributed by atoms with Gasteiger partial charge in [-0.3, -0.25) is 4.98 Å². The summed E-state index contributed by atoms with van der Waals surface area (Å²) in [5, 5.41) is 0. The molecule has 3 aromatic rings. The summed E-state index contributed by atoms with van der Waals surface area (Å²) in [6.45, 7) is 0.0672. The Bertz CT molecular complexity index is 778. The average molecular weight is 292 g/mol. The standard InChI is InChI=1S/C14H11F3N4/c15-14(16,17)13-20-11-7-10(18)1-2-12(11)21(13)8-9-3-5-19-6-4-9/h1-7H,8,18H2. The summed E-state index contributed by atoms with van der Waals surface area (Å²) in [5.74, 6) is -0.931. The van der Waals surface area contributed by atoms with Crippen molar-refractivity contribution in [3.63, 3.8) is 0 Å². The maximum Gasteiger partial charge on any atom is 0.449 e. The largest absolute Gasteiger partial charge is 0.449 e. The molecule has 0 bridgehead atoms. The second kappa shape index (κ2) is 4.76. The van der Waals surface area contributed by atoms with Crippen molar-refractivity contribution < 1.29 is 13.2 Å². The van der Waals surface area contributed by atoms with Crippen LogP contribution in [0.3, 0.4) is 0 Å². The zero-order chi connectivity index (χ0) is 15.0. The van der Waals surface area contributed by atoms with Crippen LogP contribution in [0.5, 0.6) is 0 Å². The number of aromatic nitrogens is 3. The third-order valence-corrected chi connectivity index (χ3v) is 3.12. The minimum Gasteiger partial charge on any atom is -0.399 e. The topological polar surface area (TPSA) is 56.7 Å². The normalized spacial score (nSPS) is 12.0. The summed E-state index contributed by atoms with van der Waals surface area (Å²) in [6, 6.07) is 7.89. The monoisotopic (exact) mass is 292 g/mol. The van der Waals surface area contributed by atoms with Gasteiger partial charge in [-0.1, -0.05) is 0 Å². The Hall–Kier alpha value is -2.57. The predicted molar refractivity (Wildman–Crippen MR) is 72.5 cm³/mol. The van der Waals surface area contributed by atoms with E-state index in [0.717, 1.165) is 4.57 Å². The summed E-state index contributed by atoms with van der Waals surface area (Å²) < 4.78 is 40.6. The lowest BCUT2D eigenvalue weighted by Crippen LogP contribution is -2.15. The molecule has 0 aliphatic carbocycles. The summed E-state index contributed by atoms with van der Waals surface area (Å²) in [6.07, 6.45) is -1.44. The molecule has 21 heavy (non-hydrogen) atoms. The van der Waals surface area contributed by atoms with Gasteiger partial charge in [-0.15, -0.1) is 0 Å². The van der Waals surface area contributed by atoms with Crippen molar-refractivity contribution in [2.75, 3.05) is 5.73 Å². The van der Waals surface area contributed by atoms with Gasteiger partial charge in [-0.25, -0.2) is 4.98 Å². The number of anilines is 1. The average Bonchev–Trinajstić information content (AvgIpc) is 2.78. The third kappa shape index (κ3) is 2.54.